The lowest BCUT2D eigenvalue weighted by Gasteiger charge is -2.24. The SMILES string of the molecule is COc1cccc([C@H]2[C@@]3(C#N)[C@]4([NH+]=C(N)[C@@]23C#N)OC[C@@H](C)O4)c1OC. The van der Waals surface area contributed by atoms with E-state index in [2.05, 4.69) is 17.1 Å². The summed E-state index contributed by atoms with van der Waals surface area (Å²) in [6.45, 7) is 2.14. The molecule has 2 heterocycles. The zero-order chi connectivity index (χ0) is 18.7. The van der Waals surface area contributed by atoms with E-state index in [1.165, 1.54) is 14.2 Å². The molecule has 5 atom stereocenters. The molecule has 0 unspecified atom stereocenters. The van der Waals surface area contributed by atoms with Gasteiger partial charge < -0.3 is 18.9 Å². The molecule has 1 aromatic carbocycles. The smallest absolute Gasteiger partial charge is 0.343 e. The number of methoxy groups -OCH3 is 2. The van der Waals surface area contributed by atoms with Gasteiger partial charge in [0.05, 0.1) is 45.0 Å². The Kier molecular flexibility index (Phi) is 3.27. The normalized spacial score (nSPS) is 39.7. The summed E-state index contributed by atoms with van der Waals surface area (Å²) in [7, 11) is 3.05. The topological polar surface area (TPSA) is 124 Å². The van der Waals surface area contributed by atoms with Crippen LogP contribution in [0.4, 0.5) is 0 Å². The molecule has 0 amide bonds. The molecule has 1 aliphatic carbocycles. The van der Waals surface area contributed by atoms with Crippen molar-refractivity contribution >= 4 is 5.84 Å². The van der Waals surface area contributed by atoms with Crippen LogP contribution in [0.1, 0.15) is 18.4 Å². The Morgan fingerprint density at radius 2 is 2.04 bits per heavy atom. The van der Waals surface area contributed by atoms with Crippen molar-refractivity contribution < 1.29 is 23.9 Å². The van der Waals surface area contributed by atoms with Crippen LogP contribution in [-0.2, 0) is 9.47 Å². The van der Waals surface area contributed by atoms with E-state index in [9.17, 15) is 10.5 Å². The Bertz CT molecular complexity index is 903. The van der Waals surface area contributed by atoms with Crippen LogP contribution in [0, 0.1) is 33.5 Å². The summed E-state index contributed by atoms with van der Waals surface area (Å²) in [5, 5.41) is 20.2. The highest BCUT2D eigenvalue weighted by Crippen LogP contribution is 2.80. The fourth-order valence-electron chi connectivity index (χ4n) is 4.57. The molecule has 1 aromatic rings. The predicted octanol–water partition coefficient (Wildman–Crippen LogP) is -0.639. The summed E-state index contributed by atoms with van der Waals surface area (Å²) in [5.74, 6) is -0.891. The van der Waals surface area contributed by atoms with Gasteiger partial charge in [-0.1, -0.05) is 12.1 Å². The van der Waals surface area contributed by atoms with Crippen LogP contribution in [0.2, 0.25) is 0 Å². The summed E-state index contributed by atoms with van der Waals surface area (Å²) in [5.41, 5.74) is 4.26. The second-order valence-corrected chi connectivity index (χ2v) is 6.75. The molecule has 2 aliphatic heterocycles. The van der Waals surface area contributed by atoms with E-state index in [0.717, 1.165) is 0 Å². The van der Waals surface area contributed by atoms with E-state index in [-0.39, 0.29) is 11.9 Å². The third-order valence-corrected chi connectivity index (χ3v) is 5.63. The number of benzene rings is 1. The van der Waals surface area contributed by atoms with Crippen LogP contribution < -0.4 is 20.2 Å². The van der Waals surface area contributed by atoms with Crippen LogP contribution in [0.5, 0.6) is 11.5 Å². The zero-order valence-electron chi connectivity index (χ0n) is 14.7. The van der Waals surface area contributed by atoms with E-state index in [1.807, 2.05) is 13.0 Å². The van der Waals surface area contributed by atoms with Crippen molar-refractivity contribution in [3.63, 3.8) is 0 Å². The zero-order valence-corrected chi connectivity index (χ0v) is 14.7. The molecule has 0 radical (unpaired) electrons. The maximum Gasteiger partial charge on any atom is 0.343 e. The number of nitriles is 2. The minimum absolute atomic E-state index is 0.172. The highest BCUT2D eigenvalue weighted by molar-refractivity contribution is 5.95. The third kappa shape index (κ3) is 1.53. The number of rotatable bonds is 3. The minimum atomic E-state index is -1.46. The summed E-state index contributed by atoms with van der Waals surface area (Å²) >= 11 is 0. The first-order chi connectivity index (χ1) is 12.5. The highest BCUT2D eigenvalue weighted by Gasteiger charge is 2.98. The van der Waals surface area contributed by atoms with Crippen LogP contribution in [0.3, 0.4) is 0 Å². The van der Waals surface area contributed by atoms with Gasteiger partial charge in [-0.2, -0.15) is 10.5 Å². The molecular weight excluding hydrogens is 336 g/mol. The molecule has 134 valence electrons. The number of hydrogen-bond acceptors (Lipinski definition) is 7. The lowest BCUT2D eigenvalue weighted by Crippen LogP contribution is -2.90. The number of fused-ring (bicyclic) bond motifs is 2. The molecule has 8 nitrogen and oxygen atoms in total. The molecule has 3 aliphatic rings. The van der Waals surface area contributed by atoms with Crippen molar-refractivity contribution in [2.24, 2.45) is 16.6 Å². The van der Waals surface area contributed by atoms with Crippen molar-refractivity contribution in [3.05, 3.63) is 23.8 Å². The second kappa shape index (κ2) is 5.10. The lowest BCUT2D eigenvalue weighted by molar-refractivity contribution is -0.677. The fourth-order valence-corrected chi connectivity index (χ4v) is 4.57. The summed E-state index contributed by atoms with van der Waals surface area (Å²) in [6.07, 6.45) is -0.233. The van der Waals surface area contributed by atoms with Gasteiger partial charge in [0.25, 0.3) is 5.84 Å². The van der Waals surface area contributed by atoms with Gasteiger partial charge in [-0.25, -0.2) is 4.99 Å². The number of nitrogens with two attached hydrogens (primary N) is 1. The summed E-state index contributed by atoms with van der Waals surface area (Å²) in [4.78, 5) is 2.94. The molecule has 3 N–H and O–H groups in total. The molecule has 1 spiro atoms. The highest BCUT2D eigenvalue weighted by atomic mass is 16.8. The van der Waals surface area contributed by atoms with E-state index < -0.39 is 22.7 Å². The first-order valence-electron chi connectivity index (χ1n) is 8.24. The first-order valence-corrected chi connectivity index (χ1v) is 8.24. The van der Waals surface area contributed by atoms with Gasteiger partial charge in [0, 0.05) is 5.56 Å². The molecule has 0 bridgehead atoms. The predicted molar refractivity (Wildman–Crippen MR) is 87.8 cm³/mol. The summed E-state index contributed by atoms with van der Waals surface area (Å²) < 4.78 is 22.7. The molecule has 0 aromatic heterocycles. The Morgan fingerprint density at radius 3 is 2.58 bits per heavy atom. The van der Waals surface area contributed by atoms with Crippen molar-refractivity contribution in [1.82, 2.24) is 0 Å². The maximum atomic E-state index is 10.2. The molecule has 1 saturated heterocycles. The third-order valence-electron chi connectivity index (χ3n) is 5.63. The van der Waals surface area contributed by atoms with Gasteiger partial charge in [0.2, 0.25) is 0 Å². The first kappa shape index (κ1) is 16.6. The quantitative estimate of drug-likeness (QED) is 0.739. The number of nitrogens with one attached hydrogen (secondary N) is 1. The van der Waals surface area contributed by atoms with Crippen molar-refractivity contribution in [3.8, 4) is 23.6 Å². The van der Waals surface area contributed by atoms with E-state index >= 15 is 0 Å². The van der Waals surface area contributed by atoms with E-state index in [1.54, 1.807) is 12.1 Å². The maximum absolute atomic E-state index is 10.2. The monoisotopic (exact) mass is 355 g/mol. The average Bonchev–Trinajstić information content (AvgIpc) is 3.04. The second-order valence-electron chi connectivity index (χ2n) is 6.75. The van der Waals surface area contributed by atoms with Crippen molar-refractivity contribution in [1.29, 1.82) is 10.5 Å². The van der Waals surface area contributed by atoms with Crippen molar-refractivity contribution in [2.45, 2.75) is 24.9 Å². The van der Waals surface area contributed by atoms with E-state index in [0.29, 0.717) is 23.7 Å². The van der Waals surface area contributed by atoms with E-state index in [4.69, 9.17) is 24.7 Å². The fraction of sp³-hybridized carbons (Fsp3) is 0.500. The summed E-state index contributed by atoms with van der Waals surface area (Å²) in [6, 6.07) is 9.90. The molecule has 26 heavy (non-hydrogen) atoms. The Labute approximate surface area is 150 Å². The van der Waals surface area contributed by atoms with Gasteiger partial charge >= 0.3 is 5.91 Å². The standard InChI is InChI=1S/C18H18N4O4/c1-10-7-25-18(26-10)17(9-20)14(16(17,8-19)15(21)22-18)11-5-4-6-12(23-2)13(11)24-3/h4-6,10,14H,7H2,1-3H3,(H2,21,22)/p+1/t10-,14-,16-,17-,18+/m1/s1. The number of amidine groups is 1. The molecule has 4 rings (SSSR count). The Balaban J connectivity index is 1.95. The molecular formula is C18H19N4O4+. The molecule has 8 heteroatoms. The molecule has 2 fully saturated rings. The molecule has 1 saturated carbocycles. The average molecular weight is 355 g/mol. The van der Waals surface area contributed by atoms with Crippen LogP contribution >= 0.6 is 0 Å². The Morgan fingerprint density at radius 1 is 1.27 bits per heavy atom. The number of para-hydroxylation sites is 1. The Hall–Kier alpha value is -2.81. The van der Waals surface area contributed by atoms with Gasteiger partial charge in [0.15, 0.2) is 22.3 Å². The van der Waals surface area contributed by atoms with Gasteiger partial charge in [-0.15, -0.1) is 0 Å². The van der Waals surface area contributed by atoms with Gasteiger partial charge in [-0.3, -0.25) is 5.73 Å². The van der Waals surface area contributed by atoms with Gasteiger partial charge in [0.1, 0.15) is 0 Å². The number of ether oxygens (including phenoxy) is 4. The lowest BCUT2D eigenvalue weighted by atomic mass is 9.93. The number of nitrogens with zero attached hydrogens (tertiary/aromatic N) is 2. The van der Waals surface area contributed by atoms with Crippen LogP contribution in [-0.4, -0.2) is 38.7 Å². The van der Waals surface area contributed by atoms with Crippen molar-refractivity contribution in [2.75, 3.05) is 20.8 Å². The largest absolute Gasteiger partial charge is 0.493 e. The van der Waals surface area contributed by atoms with Gasteiger partial charge in [-0.05, 0) is 13.0 Å². The van der Waals surface area contributed by atoms with Crippen LogP contribution in [0.15, 0.2) is 18.2 Å². The minimum Gasteiger partial charge on any atom is -0.493 e. The van der Waals surface area contributed by atoms with Crippen LogP contribution in [0.25, 0.3) is 0 Å². The number of hydrogen-bond donors (Lipinski definition) is 2.